The number of benzene rings is 3. The molecule has 3 aromatic carbocycles. The van der Waals surface area contributed by atoms with E-state index in [9.17, 15) is 9.18 Å². The summed E-state index contributed by atoms with van der Waals surface area (Å²) in [6, 6.07) is 19.9. The number of amides is 1. The highest BCUT2D eigenvalue weighted by Gasteiger charge is 2.14. The Morgan fingerprint density at radius 3 is 2.52 bits per heavy atom. The molecule has 1 N–H and O–H groups in total. The first-order chi connectivity index (χ1) is 14.0. The second-order valence-corrected chi connectivity index (χ2v) is 6.99. The predicted octanol–water partition coefficient (Wildman–Crippen LogP) is 6.36. The van der Waals surface area contributed by atoms with E-state index < -0.39 is 11.7 Å². The van der Waals surface area contributed by atoms with E-state index in [1.807, 2.05) is 12.1 Å². The van der Waals surface area contributed by atoms with Gasteiger partial charge in [0.1, 0.15) is 16.8 Å². The van der Waals surface area contributed by atoms with E-state index in [0.717, 1.165) is 0 Å². The second kappa shape index (κ2) is 8.07. The molecule has 7 heteroatoms. The van der Waals surface area contributed by atoms with Crippen LogP contribution in [0.2, 0.25) is 10.0 Å². The van der Waals surface area contributed by atoms with E-state index in [1.54, 1.807) is 48.5 Å². The monoisotopic (exact) mass is 426 g/mol. The zero-order valence-corrected chi connectivity index (χ0v) is 16.3. The number of nitrogens with zero attached hydrogens (tertiary/aromatic N) is 1. The van der Waals surface area contributed by atoms with Gasteiger partial charge in [-0.15, -0.1) is 0 Å². The summed E-state index contributed by atoms with van der Waals surface area (Å²) in [7, 11) is 0. The summed E-state index contributed by atoms with van der Waals surface area (Å²) in [5.41, 5.74) is 1.15. The van der Waals surface area contributed by atoms with E-state index in [2.05, 4.69) is 10.3 Å². The highest BCUT2D eigenvalue weighted by Crippen LogP contribution is 2.24. The molecule has 4 rings (SSSR count). The third-order valence-corrected chi connectivity index (χ3v) is 4.70. The number of para-hydroxylation sites is 1. The van der Waals surface area contributed by atoms with Gasteiger partial charge in [0.15, 0.2) is 5.82 Å². The molecular formula is C22H13Cl2FN2O2. The molecular weight excluding hydrogens is 414 g/mol. The lowest BCUT2D eigenvalue weighted by Gasteiger charge is -2.07. The summed E-state index contributed by atoms with van der Waals surface area (Å²) in [6.45, 7) is 0. The fourth-order valence-corrected chi connectivity index (χ4v) is 3.03. The minimum absolute atomic E-state index is 0.0305. The van der Waals surface area contributed by atoms with Gasteiger partial charge in [-0.25, -0.2) is 9.38 Å². The Balaban J connectivity index is 1.86. The minimum atomic E-state index is -0.693. The van der Waals surface area contributed by atoms with Crippen LogP contribution in [-0.4, -0.2) is 5.91 Å². The highest BCUT2D eigenvalue weighted by molar-refractivity contribution is 6.31. The smallest absolute Gasteiger partial charge is 0.261 e. The molecule has 0 fully saturated rings. The zero-order chi connectivity index (χ0) is 20.4. The van der Waals surface area contributed by atoms with Crippen LogP contribution < -0.4 is 10.9 Å². The molecule has 0 aliphatic heterocycles. The van der Waals surface area contributed by atoms with Crippen molar-refractivity contribution in [3.8, 4) is 0 Å². The van der Waals surface area contributed by atoms with Gasteiger partial charge in [0, 0.05) is 16.1 Å². The van der Waals surface area contributed by atoms with Crippen LogP contribution in [0.5, 0.6) is 0 Å². The Hall–Kier alpha value is -3.15. The van der Waals surface area contributed by atoms with E-state index >= 15 is 0 Å². The number of halogens is 3. The Morgan fingerprint density at radius 1 is 0.966 bits per heavy atom. The molecule has 0 atom stereocenters. The number of anilines is 1. The third-order valence-electron chi connectivity index (χ3n) is 4.16. The van der Waals surface area contributed by atoms with Crippen molar-refractivity contribution in [1.82, 2.24) is 0 Å². The summed E-state index contributed by atoms with van der Waals surface area (Å²) in [6.07, 6.45) is 0. The van der Waals surface area contributed by atoms with Crippen LogP contribution in [0.15, 0.2) is 82.2 Å². The van der Waals surface area contributed by atoms with Gasteiger partial charge in [-0.05, 0) is 48.5 Å². The SMILES string of the molecule is O=C(Nc1ccc(Cl)cc1)c1cc2ccccc2oc1=Nc1cccc(Cl)c1F. The van der Waals surface area contributed by atoms with Crippen LogP contribution in [0, 0.1) is 5.82 Å². The number of hydrogen-bond acceptors (Lipinski definition) is 3. The van der Waals surface area contributed by atoms with Gasteiger partial charge in [0.05, 0.1) is 5.02 Å². The van der Waals surface area contributed by atoms with Crippen LogP contribution in [0.3, 0.4) is 0 Å². The molecule has 4 aromatic rings. The Kier molecular flexibility index (Phi) is 5.34. The Morgan fingerprint density at radius 2 is 1.72 bits per heavy atom. The lowest BCUT2D eigenvalue weighted by Crippen LogP contribution is -2.21. The maximum Gasteiger partial charge on any atom is 0.261 e. The predicted molar refractivity (Wildman–Crippen MR) is 112 cm³/mol. The van der Waals surface area contributed by atoms with Crippen molar-refractivity contribution < 1.29 is 13.6 Å². The number of rotatable bonds is 3. The minimum Gasteiger partial charge on any atom is -0.438 e. The van der Waals surface area contributed by atoms with E-state index in [1.165, 1.54) is 12.1 Å². The first-order valence-electron chi connectivity index (χ1n) is 8.60. The van der Waals surface area contributed by atoms with Gasteiger partial charge >= 0.3 is 0 Å². The first-order valence-corrected chi connectivity index (χ1v) is 9.35. The molecule has 1 heterocycles. The van der Waals surface area contributed by atoms with Gasteiger partial charge in [0.2, 0.25) is 5.55 Å². The Bertz CT molecular complexity index is 1280. The third kappa shape index (κ3) is 4.16. The number of carbonyl (C=O) groups is 1. The normalized spacial score (nSPS) is 11.6. The van der Waals surface area contributed by atoms with Crippen molar-refractivity contribution in [3.63, 3.8) is 0 Å². The molecule has 4 nitrogen and oxygen atoms in total. The fraction of sp³-hybridized carbons (Fsp3) is 0. The van der Waals surface area contributed by atoms with Crippen molar-refractivity contribution in [2.24, 2.45) is 4.99 Å². The number of hydrogen-bond donors (Lipinski definition) is 1. The van der Waals surface area contributed by atoms with E-state index in [-0.39, 0.29) is 21.8 Å². The van der Waals surface area contributed by atoms with Gasteiger partial charge in [-0.3, -0.25) is 4.79 Å². The molecule has 0 aliphatic rings. The van der Waals surface area contributed by atoms with Crippen molar-refractivity contribution >= 4 is 51.5 Å². The van der Waals surface area contributed by atoms with Gasteiger partial charge in [-0.1, -0.05) is 47.5 Å². The van der Waals surface area contributed by atoms with Crippen molar-refractivity contribution in [1.29, 1.82) is 0 Å². The van der Waals surface area contributed by atoms with Crippen LogP contribution in [0.1, 0.15) is 10.4 Å². The molecule has 1 amide bonds. The molecule has 1 aromatic heterocycles. The van der Waals surface area contributed by atoms with Gasteiger partial charge < -0.3 is 9.73 Å². The molecule has 144 valence electrons. The fourth-order valence-electron chi connectivity index (χ4n) is 2.73. The lowest BCUT2D eigenvalue weighted by molar-refractivity contribution is 0.102. The van der Waals surface area contributed by atoms with Gasteiger partial charge in [-0.2, -0.15) is 0 Å². The van der Waals surface area contributed by atoms with Crippen LogP contribution in [-0.2, 0) is 0 Å². The van der Waals surface area contributed by atoms with E-state index in [0.29, 0.717) is 21.7 Å². The molecule has 0 radical (unpaired) electrons. The summed E-state index contributed by atoms with van der Waals surface area (Å²) in [4.78, 5) is 17.1. The molecule has 0 saturated carbocycles. The average Bonchev–Trinajstić information content (AvgIpc) is 2.72. The molecule has 0 aliphatic carbocycles. The molecule has 0 spiro atoms. The summed E-state index contributed by atoms with van der Waals surface area (Å²) in [5, 5.41) is 3.95. The average molecular weight is 427 g/mol. The second-order valence-electron chi connectivity index (χ2n) is 6.15. The first kappa shape index (κ1) is 19.2. The van der Waals surface area contributed by atoms with Gasteiger partial charge in [0.25, 0.3) is 5.91 Å². The summed E-state index contributed by atoms with van der Waals surface area (Å²) >= 11 is 11.7. The standard InChI is InChI=1S/C22H13Cl2FN2O2/c23-14-8-10-15(11-9-14)26-21(28)16-12-13-4-1-2-7-19(13)29-22(16)27-18-6-3-5-17(24)20(18)25/h1-12H,(H,26,28). The summed E-state index contributed by atoms with van der Waals surface area (Å²) in [5.74, 6) is -1.15. The Labute approximate surface area is 175 Å². The van der Waals surface area contributed by atoms with Crippen LogP contribution in [0.4, 0.5) is 15.8 Å². The molecule has 29 heavy (non-hydrogen) atoms. The van der Waals surface area contributed by atoms with Crippen molar-refractivity contribution in [2.45, 2.75) is 0 Å². The number of carbonyl (C=O) groups excluding carboxylic acids is 1. The van der Waals surface area contributed by atoms with Crippen LogP contribution >= 0.6 is 23.2 Å². The maximum absolute atomic E-state index is 14.3. The summed E-state index contributed by atoms with van der Waals surface area (Å²) < 4.78 is 20.1. The highest BCUT2D eigenvalue weighted by atomic mass is 35.5. The molecule has 0 saturated heterocycles. The molecule has 0 bridgehead atoms. The largest absolute Gasteiger partial charge is 0.438 e. The zero-order valence-electron chi connectivity index (χ0n) is 14.8. The lowest BCUT2D eigenvalue weighted by atomic mass is 10.1. The number of fused-ring (bicyclic) bond motifs is 1. The quantitative estimate of drug-likeness (QED) is 0.414. The number of nitrogens with one attached hydrogen (secondary N) is 1. The van der Waals surface area contributed by atoms with Crippen molar-refractivity contribution in [3.05, 3.63) is 99.8 Å². The maximum atomic E-state index is 14.3. The van der Waals surface area contributed by atoms with Crippen LogP contribution in [0.25, 0.3) is 11.0 Å². The topological polar surface area (TPSA) is 54.6 Å². The van der Waals surface area contributed by atoms with Crippen molar-refractivity contribution in [2.75, 3.05) is 5.32 Å². The van der Waals surface area contributed by atoms with E-state index in [4.69, 9.17) is 27.6 Å². The molecule has 0 unspecified atom stereocenters.